The number of para-hydroxylation sites is 1. The van der Waals surface area contributed by atoms with Crippen molar-refractivity contribution in [2.45, 2.75) is 29.7 Å². The van der Waals surface area contributed by atoms with Crippen LogP contribution >= 0.6 is 11.8 Å². The molecule has 1 fully saturated rings. The van der Waals surface area contributed by atoms with Crippen molar-refractivity contribution in [3.63, 3.8) is 0 Å². The molecule has 132 valence electrons. The Balaban J connectivity index is 1.59. The molecule has 0 N–H and O–H groups in total. The zero-order chi connectivity index (χ0) is 17.9. The van der Waals surface area contributed by atoms with E-state index >= 15 is 0 Å². The highest BCUT2D eigenvalue weighted by Gasteiger charge is 2.31. The second-order valence-corrected chi connectivity index (χ2v) is 7.21. The number of esters is 1. The van der Waals surface area contributed by atoms with Crippen LogP contribution in [0.15, 0.2) is 59.8 Å². The van der Waals surface area contributed by atoms with Gasteiger partial charge in [0.25, 0.3) is 0 Å². The maximum absolute atomic E-state index is 11.7. The fraction of sp³-hybridized carbons (Fsp3) is 0.250. The molecule has 0 bridgehead atoms. The summed E-state index contributed by atoms with van der Waals surface area (Å²) < 4.78 is 6.95. The number of hydrogen-bond donors (Lipinski definition) is 0. The van der Waals surface area contributed by atoms with Crippen molar-refractivity contribution in [3.8, 4) is 5.69 Å². The lowest BCUT2D eigenvalue weighted by molar-refractivity contribution is 0.0600. The Morgan fingerprint density at radius 2 is 1.96 bits per heavy atom. The maximum atomic E-state index is 11.7. The fourth-order valence-electron chi connectivity index (χ4n) is 2.85. The fourth-order valence-corrected chi connectivity index (χ4v) is 3.76. The van der Waals surface area contributed by atoms with Crippen molar-refractivity contribution >= 4 is 17.7 Å². The molecule has 0 saturated heterocycles. The molecule has 4 rings (SSSR count). The molecule has 0 aliphatic heterocycles. The van der Waals surface area contributed by atoms with Crippen LogP contribution in [0.4, 0.5) is 0 Å². The summed E-state index contributed by atoms with van der Waals surface area (Å²) in [5, 5.41) is 9.75. The van der Waals surface area contributed by atoms with Gasteiger partial charge in [0.2, 0.25) is 0 Å². The zero-order valence-electron chi connectivity index (χ0n) is 14.5. The molecule has 0 unspecified atom stereocenters. The number of hydrogen-bond acceptors (Lipinski definition) is 5. The summed E-state index contributed by atoms with van der Waals surface area (Å²) in [6.45, 7) is 0. The van der Waals surface area contributed by atoms with Gasteiger partial charge in [-0.3, -0.25) is 4.57 Å². The van der Waals surface area contributed by atoms with E-state index in [1.54, 1.807) is 17.8 Å². The van der Waals surface area contributed by atoms with Gasteiger partial charge in [0, 0.05) is 17.4 Å². The Hall–Kier alpha value is -2.60. The summed E-state index contributed by atoms with van der Waals surface area (Å²) >= 11 is 1.63. The first-order valence-electron chi connectivity index (χ1n) is 8.57. The number of aromatic nitrogens is 3. The normalized spacial score (nSPS) is 13.6. The Morgan fingerprint density at radius 1 is 1.15 bits per heavy atom. The summed E-state index contributed by atoms with van der Waals surface area (Å²) in [5.74, 6) is 1.95. The van der Waals surface area contributed by atoms with Gasteiger partial charge >= 0.3 is 5.97 Å². The highest BCUT2D eigenvalue weighted by Crippen LogP contribution is 2.41. The van der Waals surface area contributed by atoms with Crippen molar-refractivity contribution in [1.29, 1.82) is 0 Å². The summed E-state index contributed by atoms with van der Waals surface area (Å²) in [4.78, 5) is 11.7. The van der Waals surface area contributed by atoms with Crippen LogP contribution in [0, 0.1) is 0 Å². The largest absolute Gasteiger partial charge is 0.465 e. The molecular formula is C20H19N3O2S. The number of rotatable bonds is 6. The quantitative estimate of drug-likeness (QED) is 0.483. The third-order valence-electron chi connectivity index (χ3n) is 4.33. The van der Waals surface area contributed by atoms with Gasteiger partial charge in [-0.1, -0.05) is 42.1 Å². The average Bonchev–Trinajstić information content (AvgIpc) is 3.46. The Kier molecular flexibility index (Phi) is 4.75. The molecule has 2 aromatic carbocycles. The van der Waals surface area contributed by atoms with Gasteiger partial charge in [0.05, 0.1) is 12.7 Å². The van der Waals surface area contributed by atoms with Crippen LogP contribution in [0.25, 0.3) is 5.69 Å². The smallest absolute Gasteiger partial charge is 0.337 e. The molecule has 1 aliphatic carbocycles. The summed E-state index contributed by atoms with van der Waals surface area (Å²) in [7, 11) is 1.39. The predicted octanol–water partition coefficient (Wildman–Crippen LogP) is 4.22. The van der Waals surface area contributed by atoms with Crippen LogP contribution in [0.5, 0.6) is 0 Å². The van der Waals surface area contributed by atoms with Crippen molar-refractivity contribution in [2.24, 2.45) is 0 Å². The van der Waals surface area contributed by atoms with E-state index in [-0.39, 0.29) is 5.97 Å². The van der Waals surface area contributed by atoms with Crippen LogP contribution in [0.3, 0.4) is 0 Å². The number of ether oxygens (including phenoxy) is 1. The van der Waals surface area contributed by atoms with Gasteiger partial charge in [0.1, 0.15) is 5.82 Å². The first-order valence-corrected chi connectivity index (χ1v) is 9.55. The highest BCUT2D eigenvalue weighted by molar-refractivity contribution is 7.98. The highest BCUT2D eigenvalue weighted by atomic mass is 32.2. The number of nitrogens with zero attached hydrogens (tertiary/aromatic N) is 3. The molecule has 1 heterocycles. The monoisotopic (exact) mass is 365 g/mol. The lowest BCUT2D eigenvalue weighted by Crippen LogP contribution is -2.02. The van der Waals surface area contributed by atoms with Gasteiger partial charge in [0.15, 0.2) is 5.16 Å². The molecule has 26 heavy (non-hydrogen) atoms. The van der Waals surface area contributed by atoms with Crippen LogP contribution in [0.1, 0.15) is 40.5 Å². The number of benzene rings is 2. The van der Waals surface area contributed by atoms with Gasteiger partial charge in [-0.05, 0) is 42.7 Å². The molecular weight excluding hydrogens is 346 g/mol. The number of methoxy groups -OCH3 is 1. The van der Waals surface area contributed by atoms with E-state index in [0.29, 0.717) is 17.2 Å². The Morgan fingerprint density at radius 3 is 2.69 bits per heavy atom. The minimum Gasteiger partial charge on any atom is -0.465 e. The average molecular weight is 365 g/mol. The van der Waals surface area contributed by atoms with Crippen LogP contribution < -0.4 is 0 Å². The first kappa shape index (κ1) is 16.8. The van der Waals surface area contributed by atoms with Gasteiger partial charge in [-0.15, -0.1) is 10.2 Å². The molecule has 6 heteroatoms. The standard InChI is InChI=1S/C20H19N3O2S/c1-25-19(24)16-7-5-6-14(12-16)13-26-20-22-21-18(15-10-11-15)23(20)17-8-3-2-4-9-17/h2-9,12,15H,10-11,13H2,1H3. The molecule has 0 radical (unpaired) electrons. The summed E-state index contributed by atoms with van der Waals surface area (Å²) in [5.41, 5.74) is 2.70. The Bertz CT molecular complexity index is 920. The maximum Gasteiger partial charge on any atom is 0.337 e. The topological polar surface area (TPSA) is 57.0 Å². The van der Waals surface area contributed by atoms with Gasteiger partial charge in [-0.25, -0.2) is 4.79 Å². The lowest BCUT2D eigenvalue weighted by atomic mass is 10.1. The summed E-state index contributed by atoms with van der Waals surface area (Å²) in [6, 6.07) is 17.7. The Labute approximate surface area is 156 Å². The van der Waals surface area contributed by atoms with Crippen LogP contribution in [0.2, 0.25) is 0 Å². The third kappa shape index (κ3) is 3.51. The van der Waals surface area contributed by atoms with E-state index in [1.165, 1.54) is 20.0 Å². The number of carbonyl (C=O) groups is 1. The molecule has 0 spiro atoms. The minimum absolute atomic E-state index is 0.319. The SMILES string of the molecule is COC(=O)c1cccc(CSc2nnc(C3CC3)n2-c2ccccc2)c1. The van der Waals surface area contributed by atoms with Crippen LogP contribution in [-0.4, -0.2) is 27.8 Å². The molecule has 0 atom stereocenters. The third-order valence-corrected chi connectivity index (χ3v) is 5.33. The van der Waals surface area contributed by atoms with Crippen molar-refractivity contribution in [2.75, 3.05) is 7.11 Å². The lowest BCUT2D eigenvalue weighted by Gasteiger charge is -2.10. The van der Waals surface area contributed by atoms with Crippen molar-refractivity contribution in [3.05, 3.63) is 71.5 Å². The van der Waals surface area contributed by atoms with Gasteiger partial charge in [-0.2, -0.15) is 0 Å². The second kappa shape index (κ2) is 7.33. The number of thioether (sulfide) groups is 1. The van der Waals surface area contributed by atoms with E-state index in [9.17, 15) is 4.79 Å². The first-order chi connectivity index (χ1) is 12.8. The van der Waals surface area contributed by atoms with E-state index in [4.69, 9.17) is 4.74 Å². The molecule has 1 aromatic heterocycles. The van der Waals surface area contributed by atoms with Crippen molar-refractivity contribution < 1.29 is 9.53 Å². The molecule has 5 nitrogen and oxygen atoms in total. The molecule has 1 saturated carbocycles. The zero-order valence-corrected chi connectivity index (χ0v) is 15.3. The number of carbonyl (C=O) groups excluding carboxylic acids is 1. The predicted molar refractivity (Wildman–Crippen MR) is 101 cm³/mol. The molecule has 3 aromatic rings. The van der Waals surface area contributed by atoms with E-state index in [2.05, 4.69) is 26.9 Å². The van der Waals surface area contributed by atoms with Crippen molar-refractivity contribution in [1.82, 2.24) is 14.8 Å². The minimum atomic E-state index is -0.319. The summed E-state index contributed by atoms with van der Waals surface area (Å²) in [6.07, 6.45) is 2.35. The van der Waals surface area contributed by atoms with Crippen LogP contribution in [-0.2, 0) is 10.5 Å². The van der Waals surface area contributed by atoms with E-state index < -0.39 is 0 Å². The van der Waals surface area contributed by atoms with Gasteiger partial charge < -0.3 is 4.74 Å². The van der Waals surface area contributed by atoms with E-state index in [0.717, 1.165) is 22.2 Å². The molecule has 1 aliphatic rings. The van der Waals surface area contributed by atoms with E-state index in [1.807, 2.05) is 36.4 Å². The molecule has 0 amide bonds. The second-order valence-electron chi connectivity index (χ2n) is 6.27.